The summed E-state index contributed by atoms with van der Waals surface area (Å²) in [7, 11) is 0. The minimum atomic E-state index is -2.46. The largest absolute Gasteiger partial charge is 0.393 e. The van der Waals surface area contributed by atoms with Crippen LogP contribution in [0.4, 0.5) is 8.78 Å². The summed E-state index contributed by atoms with van der Waals surface area (Å²) in [6.45, 7) is 1.35. The van der Waals surface area contributed by atoms with Gasteiger partial charge in [-0.3, -0.25) is 0 Å². The second-order valence-corrected chi connectivity index (χ2v) is 3.57. The summed E-state index contributed by atoms with van der Waals surface area (Å²) in [5.74, 6) is -0.957. The minimum absolute atomic E-state index is 0.393. The highest BCUT2D eigenvalue weighted by atomic mass is 19.3. The van der Waals surface area contributed by atoms with Crippen molar-refractivity contribution in [3.63, 3.8) is 0 Å². The second-order valence-electron chi connectivity index (χ2n) is 3.57. The molecule has 0 aromatic carbocycles. The number of rotatable bonds is 8. The molecule has 2 unspecified atom stereocenters. The molecule has 0 aliphatic rings. The van der Waals surface area contributed by atoms with Gasteiger partial charge in [0.05, 0.1) is 6.10 Å². The Hall–Kier alpha value is -0.510. The first kappa shape index (κ1) is 13.5. The van der Waals surface area contributed by atoms with Crippen LogP contribution in [-0.2, 0) is 4.79 Å². The van der Waals surface area contributed by atoms with Crippen LogP contribution in [-0.4, -0.2) is 23.9 Å². The molecule has 84 valence electrons. The van der Waals surface area contributed by atoms with E-state index in [-0.39, 0.29) is 0 Å². The van der Waals surface area contributed by atoms with E-state index >= 15 is 0 Å². The summed E-state index contributed by atoms with van der Waals surface area (Å²) in [6, 6.07) is 0. The van der Waals surface area contributed by atoms with Gasteiger partial charge in [0.1, 0.15) is 6.29 Å². The average Bonchev–Trinajstić information content (AvgIpc) is 2.16. The summed E-state index contributed by atoms with van der Waals surface area (Å²) < 4.78 is 24.2. The predicted octanol–water partition coefficient (Wildman–Crippen LogP) is 2.40. The minimum Gasteiger partial charge on any atom is -0.393 e. The maximum atomic E-state index is 12.1. The monoisotopic (exact) mass is 208 g/mol. The van der Waals surface area contributed by atoms with Crippen LogP contribution < -0.4 is 0 Å². The molecule has 14 heavy (non-hydrogen) atoms. The van der Waals surface area contributed by atoms with Crippen molar-refractivity contribution in [1.82, 2.24) is 0 Å². The number of aldehydes is 1. The fraction of sp³-hybridized carbons (Fsp3) is 0.900. The summed E-state index contributed by atoms with van der Waals surface area (Å²) in [4.78, 5) is 9.95. The van der Waals surface area contributed by atoms with Gasteiger partial charge >= 0.3 is 0 Å². The van der Waals surface area contributed by atoms with Crippen molar-refractivity contribution >= 4 is 6.29 Å². The third-order valence-corrected chi connectivity index (χ3v) is 2.33. The van der Waals surface area contributed by atoms with Gasteiger partial charge in [-0.2, -0.15) is 0 Å². The molecule has 0 radical (unpaired) electrons. The van der Waals surface area contributed by atoms with Gasteiger partial charge in [0.25, 0.3) is 0 Å². The van der Waals surface area contributed by atoms with Crippen LogP contribution in [0.1, 0.15) is 39.0 Å². The van der Waals surface area contributed by atoms with Crippen LogP contribution in [0, 0.1) is 5.92 Å². The summed E-state index contributed by atoms with van der Waals surface area (Å²) >= 11 is 0. The van der Waals surface area contributed by atoms with E-state index in [9.17, 15) is 18.7 Å². The van der Waals surface area contributed by atoms with Crippen molar-refractivity contribution in [2.45, 2.75) is 51.6 Å². The zero-order valence-electron chi connectivity index (χ0n) is 8.46. The highest BCUT2D eigenvalue weighted by Gasteiger charge is 2.22. The van der Waals surface area contributed by atoms with Gasteiger partial charge in [0, 0.05) is 12.3 Å². The van der Waals surface area contributed by atoms with Crippen LogP contribution in [0.15, 0.2) is 0 Å². The highest BCUT2D eigenvalue weighted by Crippen LogP contribution is 2.18. The van der Waals surface area contributed by atoms with E-state index in [1.54, 1.807) is 0 Å². The lowest BCUT2D eigenvalue weighted by Crippen LogP contribution is -2.23. The van der Waals surface area contributed by atoms with Crippen LogP contribution in [0.5, 0.6) is 0 Å². The fourth-order valence-electron chi connectivity index (χ4n) is 1.19. The molecule has 0 aromatic heterocycles. The van der Waals surface area contributed by atoms with Crippen LogP contribution >= 0.6 is 0 Å². The van der Waals surface area contributed by atoms with Gasteiger partial charge in [-0.05, 0) is 12.8 Å². The van der Waals surface area contributed by atoms with E-state index in [1.165, 1.54) is 6.92 Å². The van der Waals surface area contributed by atoms with Gasteiger partial charge in [0.15, 0.2) is 0 Å². The molecule has 0 fully saturated rings. The molecule has 0 aliphatic carbocycles. The van der Waals surface area contributed by atoms with E-state index in [0.29, 0.717) is 19.3 Å². The van der Waals surface area contributed by atoms with Crippen LogP contribution in [0.3, 0.4) is 0 Å². The molecule has 1 N–H and O–H groups in total. The molecule has 0 spiro atoms. The summed E-state index contributed by atoms with van der Waals surface area (Å²) in [5.41, 5.74) is 0. The molecule has 0 heterocycles. The molecule has 2 nitrogen and oxygen atoms in total. The number of aliphatic hydroxyl groups excluding tert-OH is 1. The first-order valence-corrected chi connectivity index (χ1v) is 4.99. The van der Waals surface area contributed by atoms with Crippen molar-refractivity contribution in [1.29, 1.82) is 0 Å². The Morgan fingerprint density at radius 3 is 2.43 bits per heavy atom. The molecule has 0 saturated heterocycles. The van der Waals surface area contributed by atoms with Crippen molar-refractivity contribution in [3.8, 4) is 0 Å². The second kappa shape index (κ2) is 7.85. The lowest BCUT2D eigenvalue weighted by molar-refractivity contribution is -0.107. The van der Waals surface area contributed by atoms with E-state index in [4.69, 9.17) is 0 Å². The molecule has 2 atom stereocenters. The number of alkyl halides is 2. The predicted molar refractivity (Wildman–Crippen MR) is 50.3 cm³/mol. The molecule has 0 aromatic rings. The van der Waals surface area contributed by atoms with Crippen molar-refractivity contribution in [2.24, 2.45) is 5.92 Å². The summed E-state index contributed by atoms with van der Waals surface area (Å²) in [5, 5.41) is 9.30. The van der Waals surface area contributed by atoms with Gasteiger partial charge in [-0.1, -0.05) is 19.8 Å². The summed E-state index contributed by atoms with van der Waals surface area (Å²) in [6.07, 6.45) is 0.659. The standard InChI is InChI=1S/C10H18F2O2/c1-8(10(11)12)9(14)6-4-2-3-5-7-13/h7-10,14H,2-6H2,1H3. The molecule has 0 bridgehead atoms. The van der Waals surface area contributed by atoms with Crippen molar-refractivity contribution < 1.29 is 18.7 Å². The number of hydrogen-bond donors (Lipinski definition) is 1. The third kappa shape index (κ3) is 6.02. The third-order valence-electron chi connectivity index (χ3n) is 2.33. The molecular formula is C10H18F2O2. The number of halogens is 2. The van der Waals surface area contributed by atoms with Gasteiger partial charge in [0.2, 0.25) is 6.43 Å². The number of carbonyl (C=O) groups is 1. The fourth-order valence-corrected chi connectivity index (χ4v) is 1.19. The van der Waals surface area contributed by atoms with Crippen molar-refractivity contribution in [3.05, 3.63) is 0 Å². The molecule has 0 rings (SSSR count). The lowest BCUT2D eigenvalue weighted by Gasteiger charge is -2.17. The van der Waals surface area contributed by atoms with Crippen LogP contribution in [0.2, 0.25) is 0 Å². The number of carbonyl (C=O) groups excluding carboxylic acids is 1. The Morgan fingerprint density at radius 2 is 1.93 bits per heavy atom. The van der Waals surface area contributed by atoms with E-state index in [2.05, 4.69) is 0 Å². The molecule has 4 heteroatoms. The average molecular weight is 208 g/mol. The number of aliphatic hydroxyl groups is 1. The Kier molecular flexibility index (Phi) is 7.57. The van der Waals surface area contributed by atoms with E-state index in [0.717, 1.165) is 19.1 Å². The highest BCUT2D eigenvalue weighted by molar-refractivity contribution is 5.48. The zero-order valence-corrected chi connectivity index (χ0v) is 8.46. The Labute approximate surface area is 83.3 Å². The van der Waals surface area contributed by atoms with Gasteiger partial charge in [-0.25, -0.2) is 8.78 Å². The maximum absolute atomic E-state index is 12.1. The normalized spacial score (nSPS) is 15.5. The van der Waals surface area contributed by atoms with Gasteiger partial charge in [-0.15, -0.1) is 0 Å². The molecule has 0 saturated carbocycles. The zero-order chi connectivity index (χ0) is 11.0. The number of hydrogen-bond acceptors (Lipinski definition) is 2. The van der Waals surface area contributed by atoms with Crippen LogP contribution in [0.25, 0.3) is 0 Å². The smallest absolute Gasteiger partial charge is 0.243 e. The first-order valence-electron chi connectivity index (χ1n) is 4.99. The Morgan fingerprint density at radius 1 is 1.29 bits per heavy atom. The SMILES string of the molecule is CC(C(F)F)C(O)CCCCCC=O. The number of unbranched alkanes of at least 4 members (excludes halogenated alkanes) is 3. The Bertz CT molecular complexity index is 151. The lowest BCUT2D eigenvalue weighted by atomic mass is 9.99. The Balaban J connectivity index is 3.43. The van der Waals surface area contributed by atoms with E-state index in [1.807, 2.05) is 0 Å². The molecule has 0 aliphatic heterocycles. The van der Waals surface area contributed by atoms with Crippen molar-refractivity contribution in [2.75, 3.05) is 0 Å². The van der Waals surface area contributed by atoms with Gasteiger partial charge < -0.3 is 9.90 Å². The van der Waals surface area contributed by atoms with E-state index < -0.39 is 18.4 Å². The first-order chi connectivity index (χ1) is 6.59. The topological polar surface area (TPSA) is 37.3 Å². The maximum Gasteiger partial charge on any atom is 0.243 e. The molecule has 0 amide bonds. The quantitative estimate of drug-likeness (QED) is 0.491. The molecular weight excluding hydrogens is 190 g/mol.